The fourth-order valence-electron chi connectivity index (χ4n) is 3.92. The molecule has 0 radical (unpaired) electrons. The topological polar surface area (TPSA) is 15.3 Å². The second-order valence-corrected chi connectivity index (χ2v) is 6.68. The summed E-state index contributed by atoms with van der Waals surface area (Å²) in [7, 11) is 0. The summed E-state index contributed by atoms with van der Waals surface area (Å²) in [5.41, 5.74) is 0.324. The third-order valence-corrected chi connectivity index (χ3v) is 4.69. The third kappa shape index (κ3) is 3.23. The molecular formula is C15H30N2. The molecule has 1 atom stereocenters. The minimum Gasteiger partial charge on any atom is -0.315 e. The van der Waals surface area contributed by atoms with Crippen molar-refractivity contribution in [1.29, 1.82) is 0 Å². The van der Waals surface area contributed by atoms with Crippen LogP contribution in [0.5, 0.6) is 0 Å². The van der Waals surface area contributed by atoms with E-state index >= 15 is 0 Å². The Morgan fingerprint density at radius 1 is 1.00 bits per heavy atom. The van der Waals surface area contributed by atoms with E-state index in [2.05, 4.69) is 31.0 Å². The quantitative estimate of drug-likeness (QED) is 0.706. The molecule has 2 fully saturated rings. The van der Waals surface area contributed by atoms with Gasteiger partial charge in [-0.15, -0.1) is 0 Å². The van der Waals surface area contributed by atoms with Crippen molar-refractivity contribution in [2.24, 2.45) is 0 Å². The van der Waals surface area contributed by atoms with Crippen LogP contribution in [0.1, 0.15) is 65.7 Å². The Labute approximate surface area is 107 Å². The van der Waals surface area contributed by atoms with Gasteiger partial charge in [-0.05, 0) is 46.6 Å². The highest BCUT2D eigenvalue weighted by Gasteiger charge is 2.37. The maximum absolute atomic E-state index is 3.61. The van der Waals surface area contributed by atoms with Gasteiger partial charge in [-0.3, -0.25) is 4.90 Å². The van der Waals surface area contributed by atoms with E-state index in [0.29, 0.717) is 5.54 Å². The minimum absolute atomic E-state index is 0.324. The lowest BCUT2D eigenvalue weighted by Crippen LogP contribution is -2.56. The van der Waals surface area contributed by atoms with E-state index in [-0.39, 0.29) is 0 Å². The average Bonchev–Trinajstić information content (AvgIpc) is 2.58. The molecule has 2 nitrogen and oxygen atoms in total. The lowest BCUT2D eigenvalue weighted by molar-refractivity contribution is 0.0323. The number of nitrogens with zero attached hydrogens (tertiary/aromatic N) is 1. The van der Waals surface area contributed by atoms with Crippen LogP contribution in [0, 0.1) is 0 Å². The van der Waals surface area contributed by atoms with Crippen molar-refractivity contribution in [2.45, 2.75) is 83.3 Å². The Morgan fingerprint density at radius 3 is 2.29 bits per heavy atom. The number of hydrogen-bond acceptors (Lipinski definition) is 2. The van der Waals surface area contributed by atoms with E-state index in [9.17, 15) is 0 Å². The first-order valence-electron chi connectivity index (χ1n) is 7.60. The molecule has 2 rings (SSSR count). The molecule has 1 saturated heterocycles. The number of nitrogens with one attached hydrogen (secondary N) is 1. The molecule has 1 aliphatic carbocycles. The molecule has 100 valence electrons. The van der Waals surface area contributed by atoms with Crippen LogP contribution in [-0.2, 0) is 0 Å². The highest BCUT2D eigenvalue weighted by atomic mass is 15.3. The van der Waals surface area contributed by atoms with Crippen molar-refractivity contribution in [2.75, 3.05) is 13.1 Å². The monoisotopic (exact) mass is 238 g/mol. The maximum atomic E-state index is 3.61. The van der Waals surface area contributed by atoms with E-state index in [4.69, 9.17) is 0 Å². The molecule has 2 aliphatic rings. The molecule has 1 N–H and O–H groups in total. The molecule has 0 aromatic heterocycles. The summed E-state index contributed by atoms with van der Waals surface area (Å²) in [5.74, 6) is 0. The SMILES string of the molecule is CC1CCNCC(C)(C)N1C1CCCCCC1. The molecule has 1 saturated carbocycles. The van der Waals surface area contributed by atoms with Gasteiger partial charge in [0.2, 0.25) is 0 Å². The lowest BCUT2D eigenvalue weighted by Gasteiger charge is -2.46. The Balaban J connectivity index is 2.12. The fraction of sp³-hybridized carbons (Fsp3) is 1.00. The Morgan fingerprint density at radius 2 is 1.65 bits per heavy atom. The average molecular weight is 238 g/mol. The van der Waals surface area contributed by atoms with Gasteiger partial charge < -0.3 is 5.32 Å². The molecule has 0 amide bonds. The van der Waals surface area contributed by atoms with Crippen LogP contribution in [0.2, 0.25) is 0 Å². The normalized spacial score (nSPS) is 33.0. The molecule has 1 aliphatic heterocycles. The van der Waals surface area contributed by atoms with Crippen LogP contribution >= 0.6 is 0 Å². The van der Waals surface area contributed by atoms with Gasteiger partial charge in [0.15, 0.2) is 0 Å². The molecule has 0 bridgehead atoms. The second kappa shape index (κ2) is 5.71. The van der Waals surface area contributed by atoms with Crippen LogP contribution < -0.4 is 5.32 Å². The molecule has 2 heteroatoms. The zero-order chi connectivity index (χ0) is 12.3. The van der Waals surface area contributed by atoms with Crippen molar-refractivity contribution >= 4 is 0 Å². The summed E-state index contributed by atoms with van der Waals surface area (Å²) in [5, 5.41) is 3.61. The van der Waals surface area contributed by atoms with Crippen LogP contribution in [0.15, 0.2) is 0 Å². The third-order valence-electron chi connectivity index (χ3n) is 4.69. The van der Waals surface area contributed by atoms with Gasteiger partial charge in [0.05, 0.1) is 0 Å². The van der Waals surface area contributed by atoms with Crippen LogP contribution in [0.4, 0.5) is 0 Å². The van der Waals surface area contributed by atoms with Crippen LogP contribution in [0.3, 0.4) is 0 Å². The molecule has 17 heavy (non-hydrogen) atoms. The van der Waals surface area contributed by atoms with Gasteiger partial charge in [0.1, 0.15) is 0 Å². The van der Waals surface area contributed by atoms with E-state index in [1.807, 2.05) is 0 Å². The zero-order valence-corrected chi connectivity index (χ0v) is 12.0. The first-order chi connectivity index (χ1) is 8.11. The Bertz CT molecular complexity index is 229. The largest absolute Gasteiger partial charge is 0.315 e. The molecule has 0 aromatic carbocycles. The fourth-order valence-corrected chi connectivity index (χ4v) is 3.92. The van der Waals surface area contributed by atoms with E-state index in [1.165, 1.54) is 51.5 Å². The summed E-state index contributed by atoms with van der Waals surface area (Å²) < 4.78 is 0. The standard InChI is InChI=1S/C15H30N2/c1-13-10-11-16-12-15(2,3)17(13)14-8-6-4-5-7-9-14/h13-14,16H,4-12H2,1-3H3. The summed E-state index contributed by atoms with van der Waals surface area (Å²) in [6, 6.07) is 1.57. The van der Waals surface area contributed by atoms with Crippen molar-refractivity contribution in [3.05, 3.63) is 0 Å². The summed E-state index contributed by atoms with van der Waals surface area (Å²) in [4.78, 5) is 2.85. The van der Waals surface area contributed by atoms with Crippen molar-refractivity contribution in [3.8, 4) is 0 Å². The van der Waals surface area contributed by atoms with Gasteiger partial charge in [0, 0.05) is 24.2 Å². The Hall–Kier alpha value is -0.0800. The summed E-state index contributed by atoms with van der Waals surface area (Å²) in [6.45, 7) is 9.61. The van der Waals surface area contributed by atoms with Gasteiger partial charge >= 0.3 is 0 Å². The highest BCUT2D eigenvalue weighted by Crippen LogP contribution is 2.31. The molecule has 0 aromatic rings. The predicted octanol–water partition coefficient (Wildman–Crippen LogP) is 3.17. The molecule has 0 spiro atoms. The van der Waals surface area contributed by atoms with Crippen molar-refractivity contribution in [3.63, 3.8) is 0 Å². The first-order valence-corrected chi connectivity index (χ1v) is 7.60. The minimum atomic E-state index is 0.324. The number of rotatable bonds is 1. The van der Waals surface area contributed by atoms with Crippen molar-refractivity contribution in [1.82, 2.24) is 10.2 Å². The summed E-state index contributed by atoms with van der Waals surface area (Å²) in [6.07, 6.45) is 9.95. The van der Waals surface area contributed by atoms with E-state index in [0.717, 1.165) is 18.6 Å². The maximum Gasteiger partial charge on any atom is 0.0283 e. The smallest absolute Gasteiger partial charge is 0.0283 e. The number of hydrogen-bond donors (Lipinski definition) is 1. The van der Waals surface area contributed by atoms with Crippen molar-refractivity contribution < 1.29 is 0 Å². The molecule has 1 unspecified atom stereocenters. The van der Waals surface area contributed by atoms with E-state index in [1.54, 1.807) is 0 Å². The summed E-state index contributed by atoms with van der Waals surface area (Å²) >= 11 is 0. The van der Waals surface area contributed by atoms with Gasteiger partial charge in [-0.2, -0.15) is 0 Å². The second-order valence-electron chi connectivity index (χ2n) is 6.68. The predicted molar refractivity (Wildman–Crippen MR) is 74.4 cm³/mol. The lowest BCUT2D eigenvalue weighted by atomic mass is 9.94. The van der Waals surface area contributed by atoms with Crippen LogP contribution in [0.25, 0.3) is 0 Å². The zero-order valence-electron chi connectivity index (χ0n) is 12.0. The van der Waals surface area contributed by atoms with Gasteiger partial charge in [-0.25, -0.2) is 0 Å². The van der Waals surface area contributed by atoms with Crippen LogP contribution in [-0.4, -0.2) is 35.6 Å². The molecular weight excluding hydrogens is 208 g/mol. The van der Waals surface area contributed by atoms with Gasteiger partial charge in [0.25, 0.3) is 0 Å². The van der Waals surface area contributed by atoms with E-state index < -0.39 is 0 Å². The highest BCUT2D eigenvalue weighted by molar-refractivity contribution is 4.94. The first kappa shape index (κ1) is 13.4. The van der Waals surface area contributed by atoms with Gasteiger partial charge in [-0.1, -0.05) is 25.7 Å². The Kier molecular flexibility index (Phi) is 4.48. The molecule has 1 heterocycles.